The van der Waals surface area contributed by atoms with Gasteiger partial charge in [0.05, 0.1) is 15.6 Å². The Bertz CT molecular complexity index is 441. The fourth-order valence-electron chi connectivity index (χ4n) is 2.01. The molecule has 0 spiro atoms. The molecule has 2 heterocycles. The van der Waals surface area contributed by atoms with Crippen LogP contribution in [0.25, 0.3) is 0 Å². The molecule has 0 bridgehead atoms. The molecule has 0 aromatic carbocycles. The lowest BCUT2D eigenvalue weighted by molar-refractivity contribution is 0.385. The summed E-state index contributed by atoms with van der Waals surface area (Å²) in [5, 5.41) is 5.61. The number of hydrogen-bond acceptors (Lipinski definition) is 6. The molecular weight excluding hydrogens is 264 g/mol. The highest BCUT2D eigenvalue weighted by Crippen LogP contribution is 2.26. The van der Waals surface area contributed by atoms with Gasteiger partial charge in [-0.25, -0.2) is 4.98 Å². The van der Waals surface area contributed by atoms with Crippen molar-refractivity contribution in [1.82, 2.24) is 15.3 Å². The largest absolute Gasteiger partial charge is 0.324 e. The predicted molar refractivity (Wildman–Crippen MR) is 80.2 cm³/mol. The zero-order valence-corrected chi connectivity index (χ0v) is 13.0. The summed E-state index contributed by atoms with van der Waals surface area (Å²) in [7, 11) is 0. The van der Waals surface area contributed by atoms with Crippen LogP contribution in [0.2, 0.25) is 0 Å². The van der Waals surface area contributed by atoms with E-state index in [0.29, 0.717) is 0 Å². The van der Waals surface area contributed by atoms with Gasteiger partial charge < -0.3 is 4.90 Å². The third kappa shape index (κ3) is 2.64. The van der Waals surface area contributed by atoms with E-state index in [1.165, 1.54) is 17.7 Å². The summed E-state index contributed by atoms with van der Waals surface area (Å²) in [6.45, 7) is 7.37. The summed E-state index contributed by atoms with van der Waals surface area (Å²) in [4.78, 5) is 8.05. The number of nitrogens with zero attached hydrogens (tertiary/aromatic N) is 3. The van der Waals surface area contributed by atoms with Crippen LogP contribution in [0.15, 0.2) is 5.10 Å². The number of nitrogens with one attached hydrogen (secondary N) is 1. The second-order valence-electron chi connectivity index (χ2n) is 4.35. The first-order valence-corrected chi connectivity index (χ1v) is 8.34. The van der Waals surface area contributed by atoms with Gasteiger partial charge >= 0.3 is 0 Å². The van der Waals surface area contributed by atoms with E-state index in [2.05, 4.69) is 40.5 Å². The van der Waals surface area contributed by atoms with Crippen LogP contribution in [0.3, 0.4) is 0 Å². The normalized spacial score (nSPS) is 19.0. The molecule has 4 nitrogen and oxygen atoms in total. The SMILES string of the molecule is CCCCN1C(c2sc(C)nc2C)=NNC1SC. The Morgan fingerprint density at radius 2 is 2.22 bits per heavy atom. The summed E-state index contributed by atoms with van der Waals surface area (Å²) in [6, 6.07) is 0. The van der Waals surface area contributed by atoms with Crippen molar-refractivity contribution in [1.29, 1.82) is 0 Å². The standard InChI is InChI=1S/C12H20N4S2/c1-5-6-7-16-11(14-15-12(16)17-4)10-8(2)13-9(3)18-10/h12,15H,5-7H2,1-4H3. The lowest BCUT2D eigenvalue weighted by Crippen LogP contribution is -2.38. The van der Waals surface area contributed by atoms with Crippen LogP contribution in [0.4, 0.5) is 0 Å². The van der Waals surface area contributed by atoms with Crippen LogP contribution in [-0.4, -0.2) is 34.0 Å². The quantitative estimate of drug-likeness (QED) is 0.902. The zero-order valence-electron chi connectivity index (χ0n) is 11.4. The van der Waals surface area contributed by atoms with Gasteiger partial charge in [0.2, 0.25) is 0 Å². The average Bonchev–Trinajstić information content (AvgIpc) is 2.89. The van der Waals surface area contributed by atoms with E-state index in [0.717, 1.165) is 23.1 Å². The minimum Gasteiger partial charge on any atom is -0.324 e. The first kappa shape index (κ1) is 13.7. The second-order valence-corrected chi connectivity index (χ2v) is 6.47. The van der Waals surface area contributed by atoms with E-state index in [9.17, 15) is 0 Å². The van der Waals surface area contributed by atoms with Crippen LogP contribution in [0, 0.1) is 13.8 Å². The average molecular weight is 284 g/mol. The van der Waals surface area contributed by atoms with Gasteiger partial charge in [0.15, 0.2) is 11.3 Å². The first-order valence-electron chi connectivity index (χ1n) is 6.24. The fourth-order valence-corrected chi connectivity index (χ4v) is 3.56. The molecule has 1 N–H and O–H groups in total. The molecule has 1 aromatic rings. The van der Waals surface area contributed by atoms with Crippen molar-refractivity contribution in [3.05, 3.63) is 15.6 Å². The van der Waals surface area contributed by atoms with Gasteiger partial charge in [-0.05, 0) is 26.5 Å². The molecule has 0 amide bonds. The third-order valence-electron chi connectivity index (χ3n) is 2.92. The number of hydrogen-bond donors (Lipinski definition) is 1. The van der Waals surface area contributed by atoms with Gasteiger partial charge in [0.25, 0.3) is 0 Å². The van der Waals surface area contributed by atoms with Gasteiger partial charge in [-0.1, -0.05) is 13.3 Å². The number of thioether (sulfide) groups is 1. The molecule has 0 saturated carbocycles. The van der Waals surface area contributed by atoms with E-state index in [1.807, 2.05) is 6.92 Å². The molecule has 1 aromatic heterocycles. The maximum Gasteiger partial charge on any atom is 0.170 e. The number of rotatable bonds is 5. The third-order valence-corrected chi connectivity index (χ3v) is 4.79. The molecule has 1 aliphatic heterocycles. The van der Waals surface area contributed by atoms with E-state index < -0.39 is 0 Å². The first-order chi connectivity index (χ1) is 8.67. The van der Waals surface area contributed by atoms with Crippen molar-refractivity contribution in [3.63, 3.8) is 0 Å². The highest BCUT2D eigenvalue weighted by atomic mass is 32.2. The molecule has 0 saturated heterocycles. The summed E-state index contributed by atoms with van der Waals surface area (Å²) in [5.41, 5.74) is 4.55. The van der Waals surface area contributed by atoms with E-state index in [1.54, 1.807) is 23.1 Å². The number of hydrazone groups is 1. The van der Waals surface area contributed by atoms with Crippen molar-refractivity contribution in [3.8, 4) is 0 Å². The minimum absolute atomic E-state index is 0.258. The zero-order chi connectivity index (χ0) is 13.1. The number of aryl methyl sites for hydroxylation is 2. The van der Waals surface area contributed by atoms with Gasteiger partial charge in [0, 0.05) is 6.54 Å². The Morgan fingerprint density at radius 3 is 2.78 bits per heavy atom. The lowest BCUT2D eigenvalue weighted by Gasteiger charge is -2.25. The Kier molecular flexibility index (Phi) is 4.50. The molecule has 1 atom stereocenters. The maximum absolute atomic E-state index is 4.51. The van der Waals surface area contributed by atoms with Gasteiger partial charge in [-0.3, -0.25) is 5.43 Å². The Hall–Kier alpha value is -0.750. The monoisotopic (exact) mass is 284 g/mol. The molecule has 0 fully saturated rings. The van der Waals surface area contributed by atoms with Crippen molar-refractivity contribution in [2.45, 2.75) is 39.1 Å². The smallest absolute Gasteiger partial charge is 0.170 e. The van der Waals surface area contributed by atoms with Gasteiger partial charge in [-0.15, -0.1) is 23.1 Å². The summed E-state index contributed by atoms with van der Waals surface area (Å²) in [6.07, 6.45) is 4.50. The maximum atomic E-state index is 4.51. The Morgan fingerprint density at radius 1 is 1.44 bits per heavy atom. The summed E-state index contributed by atoms with van der Waals surface area (Å²) >= 11 is 3.52. The second kappa shape index (κ2) is 5.93. The number of unbranched alkanes of at least 4 members (excludes halogenated alkanes) is 1. The summed E-state index contributed by atoms with van der Waals surface area (Å²) in [5.74, 6) is 1.06. The van der Waals surface area contributed by atoms with Crippen LogP contribution in [0.1, 0.15) is 35.3 Å². The minimum atomic E-state index is 0.258. The van der Waals surface area contributed by atoms with Crippen LogP contribution in [-0.2, 0) is 0 Å². The van der Waals surface area contributed by atoms with Crippen molar-refractivity contribution >= 4 is 28.9 Å². The highest BCUT2D eigenvalue weighted by Gasteiger charge is 2.29. The van der Waals surface area contributed by atoms with Gasteiger partial charge in [-0.2, -0.15) is 5.10 Å². The Balaban J connectivity index is 2.22. The Labute approximate surface area is 117 Å². The van der Waals surface area contributed by atoms with Crippen LogP contribution >= 0.6 is 23.1 Å². The van der Waals surface area contributed by atoms with E-state index in [-0.39, 0.29) is 5.50 Å². The lowest BCUT2D eigenvalue weighted by atomic mass is 10.3. The molecule has 0 aliphatic carbocycles. The van der Waals surface area contributed by atoms with Crippen molar-refractivity contribution in [2.24, 2.45) is 5.10 Å². The number of thiazole rings is 1. The molecular formula is C12H20N4S2. The molecule has 100 valence electrons. The molecule has 0 radical (unpaired) electrons. The molecule has 18 heavy (non-hydrogen) atoms. The molecule has 6 heteroatoms. The van der Waals surface area contributed by atoms with E-state index >= 15 is 0 Å². The van der Waals surface area contributed by atoms with Gasteiger partial charge in [0.1, 0.15) is 0 Å². The molecule has 2 rings (SSSR count). The van der Waals surface area contributed by atoms with Crippen molar-refractivity contribution in [2.75, 3.05) is 12.8 Å². The van der Waals surface area contributed by atoms with Crippen LogP contribution in [0.5, 0.6) is 0 Å². The molecule has 1 aliphatic rings. The predicted octanol–water partition coefficient (Wildman–Crippen LogP) is 2.77. The summed E-state index contributed by atoms with van der Waals surface area (Å²) < 4.78 is 0. The topological polar surface area (TPSA) is 40.5 Å². The number of aromatic nitrogens is 1. The van der Waals surface area contributed by atoms with E-state index in [4.69, 9.17) is 0 Å². The highest BCUT2D eigenvalue weighted by molar-refractivity contribution is 7.99. The number of amidine groups is 1. The van der Waals surface area contributed by atoms with Crippen molar-refractivity contribution < 1.29 is 0 Å². The van der Waals surface area contributed by atoms with Crippen LogP contribution < -0.4 is 5.43 Å². The fraction of sp³-hybridized carbons (Fsp3) is 0.667. The molecule has 1 unspecified atom stereocenters.